The van der Waals surface area contributed by atoms with Crippen molar-refractivity contribution in [3.8, 4) is 23.3 Å². The van der Waals surface area contributed by atoms with Gasteiger partial charge in [-0.25, -0.2) is 4.98 Å². The van der Waals surface area contributed by atoms with E-state index in [0.29, 0.717) is 33.7 Å². The Balaban J connectivity index is 2.15. The summed E-state index contributed by atoms with van der Waals surface area (Å²) >= 11 is 3.33. The summed E-state index contributed by atoms with van der Waals surface area (Å²) in [6, 6.07) is 10.7. The van der Waals surface area contributed by atoms with E-state index in [4.69, 9.17) is 14.2 Å². The molecule has 3 rings (SSSR count). The van der Waals surface area contributed by atoms with Gasteiger partial charge in [-0.1, -0.05) is 15.9 Å². The molecule has 0 atom stereocenters. The van der Waals surface area contributed by atoms with E-state index in [-0.39, 0.29) is 17.0 Å². The molecular formula is C20H16BrN3O4. The zero-order valence-electron chi connectivity index (χ0n) is 15.4. The molecule has 0 saturated heterocycles. The fraction of sp³-hybridized carbons (Fsp3) is 0.150. The molecule has 0 amide bonds. The van der Waals surface area contributed by atoms with Crippen molar-refractivity contribution < 1.29 is 14.2 Å². The lowest BCUT2D eigenvalue weighted by Crippen LogP contribution is -2.11. The summed E-state index contributed by atoms with van der Waals surface area (Å²) in [5.74, 6) is 1.53. The minimum Gasteiger partial charge on any atom is -0.493 e. The highest BCUT2D eigenvalue weighted by Gasteiger charge is 2.14. The summed E-state index contributed by atoms with van der Waals surface area (Å²) < 4.78 is 16.7. The Morgan fingerprint density at radius 3 is 2.39 bits per heavy atom. The first-order valence-corrected chi connectivity index (χ1v) is 8.91. The van der Waals surface area contributed by atoms with Gasteiger partial charge < -0.3 is 19.2 Å². The first-order chi connectivity index (χ1) is 13.5. The van der Waals surface area contributed by atoms with E-state index >= 15 is 0 Å². The third kappa shape index (κ3) is 3.70. The molecule has 3 aromatic rings. The summed E-state index contributed by atoms with van der Waals surface area (Å²) in [5, 5.41) is 10.1. The van der Waals surface area contributed by atoms with Crippen LogP contribution in [0, 0.1) is 11.3 Å². The zero-order chi connectivity index (χ0) is 20.3. The van der Waals surface area contributed by atoms with E-state index in [9.17, 15) is 10.1 Å². The lowest BCUT2D eigenvalue weighted by Gasteiger charge is -2.13. The number of aromatic nitrogens is 2. The normalized spacial score (nSPS) is 11.2. The van der Waals surface area contributed by atoms with Gasteiger partial charge in [-0.15, -0.1) is 0 Å². The minimum absolute atomic E-state index is 0.177. The number of methoxy groups -OCH3 is 3. The standard InChI is InChI=1S/C20H16BrN3O4/c1-26-16-7-11(8-17(27-2)18(16)28-3)6-12(10-22)19-23-15-5-4-13(21)9-14(15)20(25)24-19/h4-9H,1-3H3,(H,23,24,25)/b12-6+. The van der Waals surface area contributed by atoms with Gasteiger partial charge in [0.15, 0.2) is 17.3 Å². The zero-order valence-corrected chi connectivity index (χ0v) is 17.0. The quantitative estimate of drug-likeness (QED) is 0.605. The van der Waals surface area contributed by atoms with Gasteiger partial charge in [0.2, 0.25) is 5.75 Å². The molecule has 0 aliphatic carbocycles. The molecule has 8 heteroatoms. The highest BCUT2D eigenvalue weighted by molar-refractivity contribution is 9.10. The molecule has 142 valence electrons. The van der Waals surface area contributed by atoms with Crippen LogP contribution in [0.5, 0.6) is 17.2 Å². The number of rotatable bonds is 5. The van der Waals surface area contributed by atoms with Gasteiger partial charge in [0, 0.05) is 4.47 Å². The Bertz CT molecular complexity index is 1150. The van der Waals surface area contributed by atoms with Crippen LogP contribution >= 0.6 is 15.9 Å². The van der Waals surface area contributed by atoms with Crippen LogP contribution in [0.15, 0.2) is 39.6 Å². The number of halogens is 1. The van der Waals surface area contributed by atoms with E-state index in [0.717, 1.165) is 4.47 Å². The van der Waals surface area contributed by atoms with E-state index in [1.165, 1.54) is 21.3 Å². The topological polar surface area (TPSA) is 97.2 Å². The van der Waals surface area contributed by atoms with Gasteiger partial charge in [-0.3, -0.25) is 4.79 Å². The summed E-state index contributed by atoms with van der Waals surface area (Å²) in [6.45, 7) is 0. The van der Waals surface area contributed by atoms with Gasteiger partial charge in [0.05, 0.1) is 37.8 Å². The molecule has 0 saturated carbocycles. The monoisotopic (exact) mass is 441 g/mol. The average molecular weight is 442 g/mol. The van der Waals surface area contributed by atoms with Crippen molar-refractivity contribution in [1.29, 1.82) is 5.26 Å². The van der Waals surface area contributed by atoms with Gasteiger partial charge in [0.25, 0.3) is 5.56 Å². The van der Waals surface area contributed by atoms with Crippen molar-refractivity contribution in [3.05, 3.63) is 56.5 Å². The van der Waals surface area contributed by atoms with Crippen molar-refractivity contribution in [2.45, 2.75) is 0 Å². The maximum absolute atomic E-state index is 12.4. The fourth-order valence-electron chi connectivity index (χ4n) is 2.74. The number of ether oxygens (including phenoxy) is 3. The number of nitrogens with zero attached hydrogens (tertiary/aromatic N) is 2. The molecule has 1 N–H and O–H groups in total. The number of hydrogen-bond donors (Lipinski definition) is 1. The van der Waals surface area contributed by atoms with Crippen molar-refractivity contribution in [1.82, 2.24) is 9.97 Å². The Labute approximate surface area is 169 Å². The summed E-state index contributed by atoms with van der Waals surface area (Å²) in [4.78, 5) is 19.5. The molecule has 0 bridgehead atoms. The summed E-state index contributed by atoms with van der Waals surface area (Å²) in [7, 11) is 4.53. The number of aromatic amines is 1. The molecule has 7 nitrogen and oxygen atoms in total. The van der Waals surface area contributed by atoms with Crippen LogP contribution in [0.4, 0.5) is 0 Å². The van der Waals surface area contributed by atoms with E-state index in [1.807, 2.05) is 0 Å². The largest absolute Gasteiger partial charge is 0.493 e. The Morgan fingerprint density at radius 2 is 1.82 bits per heavy atom. The van der Waals surface area contributed by atoms with Gasteiger partial charge >= 0.3 is 0 Å². The van der Waals surface area contributed by atoms with Crippen LogP contribution in [-0.2, 0) is 0 Å². The molecule has 0 radical (unpaired) electrons. The number of nitrogens with one attached hydrogen (secondary N) is 1. The average Bonchev–Trinajstić information content (AvgIpc) is 2.71. The number of allylic oxidation sites excluding steroid dienone is 1. The van der Waals surface area contributed by atoms with Crippen molar-refractivity contribution in [2.75, 3.05) is 21.3 Å². The lowest BCUT2D eigenvalue weighted by molar-refractivity contribution is 0.324. The molecule has 28 heavy (non-hydrogen) atoms. The Hall–Kier alpha value is -3.31. The molecule has 0 spiro atoms. The van der Waals surface area contributed by atoms with Crippen molar-refractivity contribution in [3.63, 3.8) is 0 Å². The minimum atomic E-state index is -0.327. The van der Waals surface area contributed by atoms with E-state index in [1.54, 1.807) is 36.4 Å². The number of fused-ring (bicyclic) bond motifs is 1. The Kier molecular flexibility index (Phi) is 5.66. The predicted molar refractivity (Wildman–Crippen MR) is 110 cm³/mol. The molecule has 0 fully saturated rings. The van der Waals surface area contributed by atoms with Crippen LogP contribution in [0.1, 0.15) is 11.4 Å². The lowest BCUT2D eigenvalue weighted by atomic mass is 10.1. The number of benzene rings is 2. The fourth-order valence-corrected chi connectivity index (χ4v) is 3.10. The van der Waals surface area contributed by atoms with E-state index in [2.05, 4.69) is 32.0 Å². The molecule has 0 aliphatic heterocycles. The summed E-state index contributed by atoms with van der Waals surface area (Å²) in [5.41, 5.74) is 0.987. The molecule has 1 heterocycles. The third-order valence-corrected chi connectivity index (χ3v) is 4.53. The molecule has 1 aromatic heterocycles. The highest BCUT2D eigenvalue weighted by Crippen LogP contribution is 2.39. The second-order valence-electron chi connectivity index (χ2n) is 5.70. The number of nitriles is 1. The number of hydrogen-bond acceptors (Lipinski definition) is 6. The highest BCUT2D eigenvalue weighted by atomic mass is 79.9. The van der Waals surface area contributed by atoms with Crippen LogP contribution in [0.2, 0.25) is 0 Å². The summed E-state index contributed by atoms with van der Waals surface area (Å²) in [6.07, 6.45) is 1.59. The van der Waals surface area contributed by atoms with Crippen LogP contribution < -0.4 is 19.8 Å². The SMILES string of the molecule is COc1cc(/C=C(\C#N)c2nc3ccc(Br)cc3c(=O)[nH]2)cc(OC)c1OC. The Morgan fingerprint density at radius 1 is 1.14 bits per heavy atom. The smallest absolute Gasteiger partial charge is 0.259 e. The maximum atomic E-state index is 12.4. The third-order valence-electron chi connectivity index (χ3n) is 4.04. The van der Waals surface area contributed by atoms with Crippen molar-refractivity contribution in [2.24, 2.45) is 0 Å². The predicted octanol–water partition coefficient (Wildman–Crippen LogP) is 3.78. The second kappa shape index (κ2) is 8.15. The van der Waals surface area contributed by atoms with Crippen LogP contribution in [0.25, 0.3) is 22.6 Å². The molecular weight excluding hydrogens is 426 g/mol. The van der Waals surface area contributed by atoms with Gasteiger partial charge in [-0.2, -0.15) is 5.26 Å². The molecule has 2 aromatic carbocycles. The van der Waals surface area contributed by atoms with Crippen LogP contribution in [0.3, 0.4) is 0 Å². The van der Waals surface area contributed by atoms with E-state index < -0.39 is 0 Å². The first-order valence-electron chi connectivity index (χ1n) is 8.12. The first kappa shape index (κ1) is 19.5. The van der Waals surface area contributed by atoms with Gasteiger partial charge in [0.1, 0.15) is 6.07 Å². The van der Waals surface area contributed by atoms with Crippen LogP contribution in [-0.4, -0.2) is 31.3 Å². The molecule has 0 aliphatic rings. The maximum Gasteiger partial charge on any atom is 0.259 e. The molecule has 0 unspecified atom stereocenters. The van der Waals surface area contributed by atoms with Crippen molar-refractivity contribution >= 4 is 38.5 Å². The second-order valence-corrected chi connectivity index (χ2v) is 6.62. The number of H-pyrrole nitrogens is 1. The van der Waals surface area contributed by atoms with Gasteiger partial charge in [-0.05, 0) is 42.0 Å².